The summed E-state index contributed by atoms with van der Waals surface area (Å²) < 4.78 is 16.8. The molecule has 156 valence electrons. The summed E-state index contributed by atoms with van der Waals surface area (Å²) >= 11 is 0. The number of carbonyl (C=O) groups excluding carboxylic acids is 2. The Morgan fingerprint density at radius 3 is 2.15 bits per heavy atom. The molecule has 1 rings (SSSR count). The summed E-state index contributed by atoms with van der Waals surface area (Å²) in [5, 5.41) is 0.107. The molecule has 0 aromatic carbocycles. The fourth-order valence-corrected chi connectivity index (χ4v) is 3.48. The van der Waals surface area contributed by atoms with Gasteiger partial charge in [0.25, 0.3) is 0 Å². The SMILES string of the molecule is COC(=O)C1CC(C)=C(CO[Si](C)(C)C(C)(C)C)CN1C(=O)OC(C)(C)C. The number of rotatable bonds is 4. The first-order valence-electron chi connectivity index (χ1n) is 9.48. The van der Waals surface area contributed by atoms with Crippen LogP contribution in [0.2, 0.25) is 18.1 Å². The second-order valence-corrected chi connectivity index (χ2v) is 14.6. The highest BCUT2D eigenvalue weighted by molar-refractivity contribution is 6.74. The monoisotopic (exact) mass is 399 g/mol. The smallest absolute Gasteiger partial charge is 0.411 e. The average Bonchev–Trinajstić information content (AvgIpc) is 2.49. The molecule has 0 fully saturated rings. The zero-order valence-corrected chi connectivity index (χ0v) is 19.7. The summed E-state index contributed by atoms with van der Waals surface area (Å²) in [5.74, 6) is -0.426. The summed E-state index contributed by atoms with van der Waals surface area (Å²) in [5.41, 5.74) is 1.47. The Morgan fingerprint density at radius 2 is 1.70 bits per heavy atom. The fourth-order valence-electron chi connectivity index (χ4n) is 2.51. The van der Waals surface area contributed by atoms with Crippen molar-refractivity contribution in [3.63, 3.8) is 0 Å². The van der Waals surface area contributed by atoms with Gasteiger partial charge < -0.3 is 13.9 Å². The number of carbonyl (C=O) groups is 2. The maximum absolute atomic E-state index is 12.7. The van der Waals surface area contributed by atoms with Gasteiger partial charge in [-0.05, 0) is 57.8 Å². The summed E-state index contributed by atoms with van der Waals surface area (Å²) in [6, 6.07) is -0.665. The lowest BCUT2D eigenvalue weighted by Crippen LogP contribution is -2.51. The Balaban J connectivity index is 3.04. The van der Waals surface area contributed by atoms with Crippen molar-refractivity contribution < 1.29 is 23.5 Å². The number of hydrogen-bond acceptors (Lipinski definition) is 5. The first-order chi connectivity index (χ1) is 12.1. The zero-order valence-electron chi connectivity index (χ0n) is 18.7. The Morgan fingerprint density at radius 1 is 1.15 bits per heavy atom. The van der Waals surface area contributed by atoms with E-state index in [2.05, 4.69) is 33.9 Å². The van der Waals surface area contributed by atoms with E-state index in [9.17, 15) is 9.59 Å². The third-order valence-electron chi connectivity index (χ3n) is 5.36. The fraction of sp³-hybridized carbons (Fsp3) is 0.800. The van der Waals surface area contributed by atoms with Gasteiger partial charge in [0.2, 0.25) is 0 Å². The molecule has 0 saturated carbocycles. The molecule has 0 aliphatic carbocycles. The van der Waals surface area contributed by atoms with Gasteiger partial charge in [0, 0.05) is 6.54 Å². The number of ether oxygens (including phenoxy) is 2. The number of amides is 1. The summed E-state index contributed by atoms with van der Waals surface area (Å²) in [7, 11) is -0.574. The molecule has 0 saturated heterocycles. The van der Waals surface area contributed by atoms with Crippen LogP contribution in [0, 0.1) is 0 Å². The van der Waals surface area contributed by atoms with E-state index in [1.807, 2.05) is 27.7 Å². The van der Waals surface area contributed by atoms with Crippen LogP contribution in [0.5, 0.6) is 0 Å². The van der Waals surface area contributed by atoms with Gasteiger partial charge in [-0.25, -0.2) is 9.59 Å². The highest BCUT2D eigenvalue weighted by atomic mass is 28.4. The minimum atomic E-state index is -1.91. The van der Waals surface area contributed by atoms with Gasteiger partial charge in [-0.15, -0.1) is 0 Å². The van der Waals surface area contributed by atoms with Crippen LogP contribution in [-0.4, -0.2) is 57.2 Å². The van der Waals surface area contributed by atoms with E-state index < -0.39 is 32.0 Å². The van der Waals surface area contributed by atoms with Crippen LogP contribution in [0.3, 0.4) is 0 Å². The van der Waals surface area contributed by atoms with E-state index in [0.717, 1.165) is 11.1 Å². The molecule has 6 nitrogen and oxygen atoms in total. The first kappa shape index (κ1) is 23.7. The van der Waals surface area contributed by atoms with Gasteiger partial charge in [-0.1, -0.05) is 26.3 Å². The molecule has 1 aliphatic rings. The van der Waals surface area contributed by atoms with Crippen molar-refractivity contribution in [1.29, 1.82) is 0 Å². The maximum atomic E-state index is 12.7. The molecule has 1 unspecified atom stereocenters. The minimum Gasteiger partial charge on any atom is -0.467 e. The minimum absolute atomic E-state index is 0.107. The largest absolute Gasteiger partial charge is 0.467 e. The standard InChI is InChI=1S/C20H37NO5Si/c1-14-11-16(17(22)24-8)21(18(23)26-19(2,3)4)12-15(14)13-25-27(9,10)20(5,6)7/h16H,11-13H2,1-10H3. The molecule has 0 aromatic rings. The number of nitrogens with zero attached hydrogens (tertiary/aromatic N) is 1. The second kappa shape index (κ2) is 8.35. The normalized spacial score (nSPS) is 19.2. The predicted octanol–water partition coefficient (Wildman–Crippen LogP) is 4.51. The summed E-state index contributed by atoms with van der Waals surface area (Å²) in [4.78, 5) is 26.4. The van der Waals surface area contributed by atoms with Crippen LogP contribution >= 0.6 is 0 Å². The lowest BCUT2D eigenvalue weighted by molar-refractivity contribution is -0.147. The van der Waals surface area contributed by atoms with Gasteiger partial charge in [-0.3, -0.25) is 4.90 Å². The highest BCUT2D eigenvalue weighted by Gasteiger charge is 2.40. The third-order valence-corrected chi connectivity index (χ3v) is 9.83. The predicted molar refractivity (Wildman–Crippen MR) is 109 cm³/mol. The molecule has 27 heavy (non-hydrogen) atoms. The molecule has 1 heterocycles. The van der Waals surface area contributed by atoms with Gasteiger partial charge in [-0.2, -0.15) is 0 Å². The average molecular weight is 400 g/mol. The van der Waals surface area contributed by atoms with Crippen LogP contribution < -0.4 is 0 Å². The molecule has 0 spiro atoms. The van der Waals surface area contributed by atoms with Crippen LogP contribution in [-0.2, 0) is 18.7 Å². The molecule has 0 aromatic heterocycles. The van der Waals surface area contributed by atoms with E-state index in [0.29, 0.717) is 19.6 Å². The van der Waals surface area contributed by atoms with Crippen molar-refractivity contribution in [2.45, 2.75) is 84.7 Å². The first-order valence-corrected chi connectivity index (χ1v) is 12.4. The molecular weight excluding hydrogens is 362 g/mol. The molecule has 0 N–H and O–H groups in total. The molecule has 0 bridgehead atoms. The Kier molecular flexibility index (Phi) is 7.33. The summed E-state index contributed by atoms with van der Waals surface area (Å²) in [6.45, 7) is 19.2. The van der Waals surface area contributed by atoms with Crippen molar-refractivity contribution in [2.24, 2.45) is 0 Å². The summed E-state index contributed by atoms with van der Waals surface area (Å²) in [6.07, 6.45) is -0.0718. The van der Waals surface area contributed by atoms with Gasteiger partial charge in [0.05, 0.1) is 13.7 Å². The van der Waals surface area contributed by atoms with E-state index in [4.69, 9.17) is 13.9 Å². The third kappa shape index (κ3) is 6.35. The van der Waals surface area contributed by atoms with Crippen LogP contribution in [0.1, 0.15) is 54.9 Å². The molecule has 0 radical (unpaired) electrons. The lowest BCUT2D eigenvalue weighted by Gasteiger charge is -2.39. The van der Waals surface area contributed by atoms with E-state index in [1.54, 1.807) is 0 Å². The molecule has 1 aliphatic heterocycles. The van der Waals surface area contributed by atoms with E-state index in [-0.39, 0.29) is 5.04 Å². The maximum Gasteiger partial charge on any atom is 0.411 e. The number of esters is 1. The van der Waals surface area contributed by atoms with Gasteiger partial charge >= 0.3 is 12.1 Å². The Labute approximate surface area is 165 Å². The van der Waals surface area contributed by atoms with Crippen molar-refractivity contribution >= 4 is 20.4 Å². The second-order valence-electron chi connectivity index (χ2n) is 9.78. The van der Waals surface area contributed by atoms with E-state index in [1.165, 1.54) is 12.0 Å². The number of methoxy groups -OCH3 is 1. The topological polar surface area (TPSA) is 65.1 Å². The van der Waals surface area contributed by atoms with Crippen LogP contribution in [0.15, 0.2) is 11.1 Å². The lowest BCUT2D eigenvalue weighted by atomic mass is 9.96. The molecule has 1 amide bonds. The zero-order chi connectivity index (χ0) is 21.2. The quantitative estimate of drug-likeness (QED) is 0.395. The molecule has 7 heteroatoms. The van der Waals surface area contributed by atoms with Gasteiger partial charge in [0.15, 0.2) is 8.32 Å². The Bertz CT molecular complexity index is 598. The number of hydrogen-bond donors (Lipinski definition) is 0. The van der Waals surface area contributed by atoms with Crippen molar-refractivity contribution in [2.75, 3.05) is 20.3 Å². The van der Waals surface area contributed by atoms with Crippen molar-refractivity contribution in [1.82, 2.24) is 4.90 Å². The molecular formula is C20H37NO5Si. The Hall–Kier alpha value is -1.34. The highest BCUT2D eigenvalue weighted by Crippen LogP contribution is 2.37. The van der Waals surface area contributed by atoms with E-state index >= 15 is 0 Å². The molecule has 1 atom stereocenters. The van der Waals surface area contributed by atoms with Crippen LogP contribution in [0.4, 0.5) is 4.79 Å². The van der Waals surface area contributed by atoms with Crippen molar-refractivity contribution in [3.8, 4) is 0 Å². The van der Waals surface area contributed by atoms with Crippen LogP contribution in [0.25, 0.3) is 0 Å². The van der Waals surface area contributed by atoms with Gasteiger partial charge in [0.1, 0.15) is 11.6 Å². The van der Waals surface area contributed by atoms with Crippen molar-refractivity contribution in [3.05, 3.63) is 11.1 Å².